The van der Waals surface area contributed by atoms with Crippen molar-refractivity contribution in [2.45, 2.75) is 58.9 Å². The second-order valence-electron chi connectivity index (χ2n) is 10.2. The van der Waals surface area contributed by atoms with E-state index in [-0.39, 0.29) is 89.0 Å². The summed E-state index contributed by atoms with van der Waals surface area (Å²) in [7, 11) is 0. The fraction of sp³-hybridized carbons (Fsp3) is 0.243. The molecule has 13 heteroatoms. The zero-order chi connectivity index (χ0) is 35.3. The molecule has 2 unspecified atom stereocenters. The van der Waals surface area contributed by atoms with Gasteiger partial charge in [0.05, 0.1) is 17.7 Å². The zero-order valence-corrected chi connectivity index (χ0v) is 34.3. The summed E-state index contributed by atoms with van der Waals surface area (Å²) in [6.07, 6.45) is -2.24. The molecule has 0 spiro atoms. The molecule has 6 nitrogen and oxygen atoms in total. The number of ketones is 2. The minimum Gasteiger partial charge on any atom is -0.481 e. The Morgan fingerprint density at radius 2 is 1.04 bits per heavy atom. The van der Waals surface area contributed by atoms with Gasteiger partial charge in [-0.25, -0.2) is 17.6 Å². The number of esters is 1. The van der Waals surface area contributed by atoms with E-state index < -0.39 is 65.5 Å². The van der Waals surface area contributed by atoms with Crippen molar-refractivity contribution >= 4 is 39.4 Å². The Labute approximate surface area is 348 Å². The molecule has 4 rings (SSSR count). The number of hydrogen-bond acceptors (Lipinski definition) is 5. The van der Waals surface area contributed by atoms with Gasteiger partial charge in [-0.1, -0.05) is 34.5 Å². The molecule has 0 saturated carbocycles. The van der Waals surface area contributed by atoms with Gasteiger partial charge in [0.15, 0.2) is 17.7 Å². The number of Topliss-reactive ketones (excluding diaryl/α,β-unsaturated/α-hetero) is 2. The van der Waals surface area contributed by atoms with Crippen LogP contribution in [0.5, 0.6) is 0 Å². The Balaban J connectivity index is 0. The minimum atomic E-state index is -1.25. The summed E-state index contributed by atoms with van der Waals surface area (Å²) < 4.78 is 58.3. The molecule has 1 N–H and O–H groups in total. The van der Waals surface area contributed by atoms with Gasteiger partial charge < -0.3 is 9.84 Å². The van der Waals surface area contributed by atoms with Gasteiger partial charge >= 0.3 is 11.9 Å². The van der Waals surface area contributed by atoms with Crippen LogP contribution in [0.3, 0.4) is 0 Å². The average molecular weight is 909 g/mol. The first kappa shape index (κ1) is 49.7. The molecule has 0 amide bonds. The van der Waals surface area contributed by atoms with E-state index in [1.54, 1.807) is 55.5 Å². The Kier molecular flexibility index (Phi) is 24.5. The number of hydrogen-bond donors (Lipinski definition) is 1. The first-order valence-electron chi connectivity index (χ1n) is 14.1. The predicted molar refractivity (Wildman–Crippen MR) is 177 cm³/mol. The molecule has 0 aliphatic carbocycles. The zero-order valence-electron chi connectivity index (χ0n) is 27.0. The Morgan fingerprint density at radius 1 is 0.700 bits per heavy atom. The van der Waals surface area contributed by atoms with Crippen LogP contribution in [0.15, 0.2) is 72.8 Å². The molecule has 262 valence electrons. The number of carbonyl (C=O) groups excluding carboxylic acids is 3. The molecule has 0 bridgehead atoms. The predicted octanol–water partition coefficient (Wildman–Crippen LogP) is 8.41. The first-order chi connectivity index (χ1) is 22.1. The molecule has 2 radical (unpaired) electrons. The number of ether oxygens (including phenoxy) is 1. The Hall–Kier alpha value is -2.43. The number of carboxylic acids is 1. The number of aliphatic carboxylic acids is 1. The number of carbonyl (C=O) groups is 4. The summed E-state index contributed by atoms with van der Waals surface area (Å²) >= 11 is 3.22. The third kappa shape index (κ3) is 16.7. The summed E-state index contributed by atoms with van der Waals surface area (Å²) in [4.78, 5) is 45.3. The fourth-order valence-corrected chi connectivity index (χ4v) is 4.22. The number of alkyl halides is 1. The van der Waals surface area contributed by atoms with Crippen LogP contribution in [0.1, 0.15) is 64.2 Å². The SMILES string of the molecule is C.CC(Br)C(=O)c1cc[c-]cc1.Cc1cc(F)c(CC(=O)O)c(F)c1.Cc1cc(F)c(CC(=O)OC(C)C(=O)c2cc[c-]cc2)c(F)c1.[Y].[Y]. The summed E-state index contributed by atoms with van der Waals surface area (Å²) in [5.74, 6) is -5.62. The van der Waals surface area contributed by atoms with Gasteiger partial charge in [0.25, 0.3) is 0 Å². The van der Waals surface area contributed by atoms with Crippen molar-refractivity contribution in [3.63, 3.8) is 0 Å². The van der Waals surface area contributed by atoms with Crippen LogP contribution in [0.25, 0.3) is 0 Å². The van der Waals surface area contributed by atoms with Crippen LogP contribution >= 0.6 is 15.9 Å². The van der Waals surface area contributed by atoms with Gasteiger partial charge in [0, 0.05) is 76.5 Å². The smallest absolute Gasteiger partial charge is 0.311 e. The number of aryl methyl sites for hydroxylation is 2. The Morgan fingerprint density at radius 3 is 1.38 bits per heavy atom. The maximum absolute atomic E-state index is 13.7. The second-order valence-corrected chi connectivity index (χ2v) is 11.6. The largest absolute Gasteiger partial charge is 0.481 e. The van der Waals surface area contributed by atoms with Gasteiger partial charge in [-0.3, -0.25) is 19.2 Å². The number of rotatable bonds is 9. The van der Waals surface area contributed by atoms with E-state index in [1.165, 1.54) is 13.8 Å². The quantitative estimate of drug-likeness (QED) is 0.0596. The van der Waals surface area contributed by atoms with Crippen LogP contribution < -0.4 is 0 Å². The van der Waals surface area contributed by atoms with Crippen molar-refractivity contribution in [3.05, 3.63) is 142 Å². The molecule has 0 aromatic heterocycles. The molecule has 0 aliphatic heterocycles. The molecule has 0 fully saturated rings. The normalized spacial score (nSPS) is 10.8. The van der Waals surface area contributed by atoms with E-state index in [9.17, 15) is 36.7 Å². The third-order valence-electron chi connectivity index (χ3n) is 6.26. The van der Waals surface area contributed by atoms with Crippen molar-refractivity contribution in [3.8, 4) is 0 Å². The van der Waals surface area contributed by atoms with Crippen molar-refractivity contribution in [1.82, 2.24) is 0 Å². The Bertz CT molecular complexity index is 1660. The van der Waals surface area contributed by atoms with E-state index in [2.05, 4.69) is 28.1 Å². The molecule has 0 heterocycles. The summed E-state index contributed by atoms with van der Waals surface area (Å²) in [5, 5.41) is 8.35. The maximum Gasteiger partial charge on any atom is 0.311 e. The van der Waals surface area contributed by atoms with Crippen molar-refractivity contribution < 1.29 is 112 Å². The van der Waals surface area contributed by atoms with E-state index in [1.807, 2.05) is 6.92 Å². The van der Waals surface area contributed by atoms with Crippen LogP contribution in [0, 0.1) is 49.2 Å². The van der Waals surface area contributed by atoms with E-state index in [0.29, 0.717) is 16.7 Å². The van der Waals surface area contributed by atoms with Gasteiger partial charge in [0.2, 0.25) is 0 Å². The van der Waals surface area contributed by atoms with Crippen molar-refractivity contribution in [2.24, 2.45) is 0 Å². The molecule has 0 saturated heterocycles. The minimum absolute atomic E-state index is 0. The van der Waals surface area contributed by atoms with E-state index in [0.717, 1.165) is 29.8 Å². The second kappa shape index (κ2) is 24.7. The van der Waals surface area contributed by atoms with Crippen molar-refractivity contribution in [2.75, 3.05) is 0 Å². The van der Waals surface area contributed by atoms with Crippen LogP contribution in [0.4, 0.5) is 17.6 Å². The van der Waals surface area contributed by atoms with Crippen LogP contribution in [-0.4, -0.2) is 39.5 Å². The van der Waals surface area contributed by atoms with Crippen LogP contribution in [-0.2, 0) is 92.6 Å². The number of halogens is 5. The monoisotopic (exact) mass is 908 g/mol. The van der Waals surface area contributed by atoms with Crippen molar-refractivity contribution in [1.29, 1.82) is 0 Å². The summed E-state index contributed by atoms with van der Waals surface area (Å²) in [6.45, 7) is 6.32. The molecule has 4 aromatic rings. The summed E-state index contributed by atoms with van der Waals surface area (Å²) in [5.41, 5.74) is 1.20. The average Bonchev–Trinajstić information content (AvgIpc) is 3.01. The molecule has 2 atom stereocenters. The number of benzene rings is 4. The van der Waals surface area contributed by atoms with E-state index in [4.69, 9.17) is 9.84 Å². The summed E-state index contributed by atoms with van der Waals surface area (Å²) in [6, 6.07) is 23.4. The molecule has 0 aliphatic rings. The molecular weight excluding hydrogens is 874 g/mol. The fourth-order valence-electron chi connectivity index (χ4n) is 3.95. The maximum atomic E-state index is 13.7. The number of carboxylic acid groups (broad SMARTS) is 1. The van der Waals surface area contributed by atoms with Gasteiger partial charge in [0.1, 0.15) is 23.3 Å². The molecular formula is C37H35BrF4O6Y2-2. The van der Waals surface area contributed by atoms with E-state index >= 15 is 0 Å². The molecule has 4 aromatic carbocycles. The third-order valence-corrected chi connectivity index (χ3v) is 6.68. The van der Waals surface area contributed by atoms with Gasteiger partial charge in [-0.2, -0.15) is 60.7 Å². The molecule has 50 heavy (non-hydrogen) atoms. The van der Waals surface area contributed by atoms with Gasteiger partial charge in [-0.15, -0.1) is 0 Å². The van der Waals surface area contributed by atoms with Gasteiger partial charge in [-0.05, 0) is 63.1 Å². The standard InChI is InChI=1S/C18H15F2O3.C9H8BrO.C9H8F2O2.CH4.2Y/c1-11-8-15(19)14(16(20)9-11)10-17(21)23-12(2)18(22)13-6-4-3-5-7-13;1-7(10)9(11)8-5-3-2-4-6-8;1-5-2-7(10)6(4-9(12)13)8(11)3-5;;;/h4-9,12H,10H2,1-2H3;3-7H,1H3;2-3H,4H2,1H3,(H,12,13);1H4;;/q2*-1;;;;. The first-order valence-corrected chi connectivity index (χ1v) is 15.0. The van der Waals surface area contributed by atoms with Crippen LogP contribution in [0.2, 0.25) is 0 Å². The topological polar surface area (TPSA) is 97.7 Å².